The molecule has 1 aliphatic heterocycles. The molecule has 1 N–H and O–H groups in total. The summed E-state index contributed by atoms with van der Waals surface area (Å²) in [5.74, 6) is 0.406. The molecule has 138 valence electrons. The van der Waals surface area contributed by atoms with Crippen LogP contribution in [0.1, 0.15) is 59.8 Å². The Bertz CT molecular complexity index is 682. The summed E-state index contributed by atoms with van der Waals surface area (Å²) in [6, 6.07) is 0. The second kappa shape index (κ2) is 4.37. The molecule has 7 rings (SSSR count). The van der Waals surface area contributed by atoms with Crippen molar-refractivity contribution in [1.29, 1.82) is 0 Å². The number of fused-ring (bicyclic) bond motifs is 1. The SMILES string of the molecule is CC1(C)C2CC(=O)[C@@]3(CC(=O)[C@]4(O)C5CC(C[C@@H]4OO3)C5(C)C)C1C2. The third kappa shape index (κ3) is 1.62. The molecule has 7 fully saturated rings. The van der Waals surface area contributed by atoms with E-state index in [9.17, 15) is 14.7 Å². The fourth-order valence-electron chi connectivity index (χ4n) is 6.94. The Morgan fingerprint density at radius 1 is 0.920 bits per heavy atom. The van der Waals surface area contributed by atoms with Crippen LogP contribution < -0.4 is 0 Å². The minimum atomic E-state index is -1.52. The van der Waals surface area contributed by atoms with Gasteiger partial charge in [-0.25, -0.2) is 9.78 Å². The lowest BCUT2D eigenvalue weighted by Gasteiger charge is -2.64. The second-order valence-electron chi connectivity index (χ2n) is 10.5. The number of carbonyl (C=O) groups excluding carboxylic acids is 2. The molecular weight excluding hydrogens is 320 g/mol. The predicted octanol–water partition coefficient (Wildman–Crippen LogP) is 2.45. The van der Waals surface area contributed by atoms with E-state index in [1.165, 1.54) is 0 Å². The van der Waals surface area contributed by atoms with Crippen molar-refractivity contribution in [3.05, 3.63) is 0 Å². The average molecular weight is 348 g/mol. The summed E-state index contributed by atoms with van der Waals surface area (Å²) in [4.78, 5) is 37.8. The van der Waals surface area contributed by atoms with Crippen molar-refractivity contribution in [2.45, 2.75) is 77.1 Å². The van der Waals surface area contributed by atoms with Gasteiger partial charge in [-0.05, 0) is 41.9 Å². The van der Waals surface area contributed by atoms with Gasteiger partial charge in [0.2, 0.25) is 0 Å². The van der Waals surface area contributed by atoms with E-state index in [4.69, 9.17) is 9.78 Å². The topological polar surface area (TPSA) is 72.8 Å². The first-order valence-electron chi connectivity index (χ1n) is 9.68. The van der Waals surface area contributed by atoms with Gasteiger partial charge in [-0.3, -0.25) is 9.59 Å². The lowest BCUT2D eigenvalue weighted by molar-refractivity contribution is -0.423. The summed E-state index contributed by atoms with van der Waals surface area (Å²) in [5, 5.41) is 11.4. The third-order valence-corrected chi connectivity index (χ3v) is 9.11. The Kier molecular flexibility index (Phi) is 2.87. The van der Waals surface area contributed by atoms with Gasteiger partial charge in [0.1, 0.15) is 6.10 Å². The molecule has 7 atom stereocenters. The van der Waals surface area contributed by atoms with Crippen LogP contribution >= 0.6 is 0 Å². The first-order valence-corrected chi connectivity index (χ1v) is 9.68. The van der Waals surface area contributed by atoms with E-state index in [0.717, 1.165) is 12.8 Å². The van der Waals surface area contributed by atoms with Gasteiger partial charge in [-0.15, -0.1) is 0 Å². The Morgan fingerprint density at radius 3 is 2.20 bits per heavy atom. The number of hydrogen-bond acceptors (Lipinski definition) is 5. The molecule has 0 radical (unpaired) electrons. The van der Waals surface area contributed by atoms with Gasteiger partial charge in [0.25, 0.3) is 0 Å². The van der Waals surface area contributed by atoms with Crippen LogP contribution in [0, 0.1) is 34.5 Å². The maximum Gasteiger partial charge on any atom is 0.172 e. The average Bonchev–Trinajstić information content (AvgIpc) is 2.65. The van der Waals surface area contributed by atoms with Gasteiger partial charge < -0.3 is 5.11 Å². The van der Waals surface area contributed by atoms with E-state index >= 15 is 0 Å². The summed E-state index contributed by atoms with van der Waals surface area (Å²) in [5.41, 5.74) is -2.82. The van der Waals surface area contributed by atoms with Gasteiger partial charge >= 0.3 is 0 Å². The van der Waals surface area contributed by atoms with Crippen molar-refractivity contribution in [1.82, 2.24) is 0 Å². The van der Waals surface area contributed by atoms with Crippen molar-refractivity contribution in [3.63, 3.8) is 0 Å². The quantitative estimate of drug-likeness (QED) is 0.681. The highest BCUT2D eigenvalue weighted by Crippen LogP contribution is 2.67. The number of ketones is 2. The molecule has 0 aromatic rings. The molecule has 0 amide bonds. The van der Waals surface area contributed by atoms with Crippen LogP contribution in [0.3, 0.4) is 0 Å². The molecule has 1 saturated heterocycles. The third-order valence-electron chi connectivity index (χ3n) is 9.11. The molecule has 25 heavy (non-hydrogen) atoms. The molecule has 0 aromatic carbocycles. The highest BCUT2D eigenvalue weighted by atomic mass is 17.2. The summed E-state index contributed by atoms with van der Waals surface area (Å²) < 4.78 is 0. The minimum absolute atomic E-state index is 0.0121. The zero-order valence-corrected chi connectivity index (χ0v) is 15.5. The molecule has 4 bridgehead atoms. The van der Waals surface area contributed by atoms with Gasteiger partial charge in [-0.2, -0.15) is 0 Å². The highest BCUT2D eigenvalue weighted by Gasteiger charge is 2.74. The van der Waals surface area contributed by atoms with Crippen LogP contribution in [0.5, 0.6) is 0 Å². The smallest absolute Gasteiger partial charge is 0.172 e. The number of rotatable bonds is 0. The van der Waals surface area contributed by atoms with Crippen molar-refractivity contribution in [2.75, 3.05) is 0 Å². The van der Waals surface area contributed by atoms with Gasteiger partial charge in [-0.1, -0.05) is 27.7 Å². The molecule has 0 aromatic heterocycles. The summed E-state index contributed by atoms with van der Waals surface area (Å²) in [7, 11) is 0. The highest BCUT2D eigenvalue weighted by molar-refractivity contribution is 5.98. The van der Waals surface area contributed by atoms with Crippen LogP contribution in [0.4, 0.5) is 0 Å². The molecular formula is C20H28O5. The van der Waals surface area contributed by atoms with E-state index in [2.05, 4.69) is 27.7 Å². The first-order chi connectivity index (χ1) is 11.5. The fraction of sp³-hybridized carbons (Fsp3) is 0.900. The van der Waals surface area contributed by atoms with Gasteiger partial charge in [0.15, 0.2) is 22.8 Å². The number of hydrogen-bond donors (Lipinski definition) is 1. The van der Waals surface area contributed by atoms with Crippen LogP contribution in [0.2, 0.25) is 0 Å². The largest absolute Gasteiger partial charge is 0.379 e. The van der Waals surface area contributed by atoms with Crippen molar-refractivity contribution in [3.8, 4) is 0 Å². The monoisotopic (exact) mass is 348 g/mol. The molecule has 7 aliphatic rings. The standard InChI is InChI=1S/C20H28O5/c1-17(2)10-5-12(17)19(14(21)7-10)9-15(22)20(23)13-6-11(18(13,3)4)8-16(20)24-25-19/h10-13,16,23H,5-9H2,1-4H3/t10?,11?,12?,13?,16-,19+,20+/m0/s1. The number of carbonyl (C=O) groups is 2. The molecule has 4 unspecified atom stereocenters. The second-order valence-corrected chi connectivity index (χ2v) is 10.5. The minimum Gasteiger partial charge on any atom is -0.379 e. The van der Waals surface area contributed by atoms with E-state index in [-0.39, 0.29) is 40.7 Å². The molecule has 5 heteroatoms. The molecule has 1 spiro atoms. The fourth-order valence-corrected chi connectivity index (χ4v) is 6.94. The van der Waals surface area contributed by atoms with E-state index < -0.39 is 17.3 Å². The number of Topliss-reactive ketones (excluding diaryl/α,β-unsaturated/α-hetero) is 2. The molecule has 6 saturated carbocycles. The van der Waals surface area contributed by atoms with Crippen LogP contribution in [-0.2, 0) is 19.4 Å². The normalized spacial score (nSPS) is 55.0. The molecule has 5 nitrogen and oxygen atoms in total. The summed E-state index contributed by atoms with van der Waals surface area (Å²) in [6.45, 7) is 8.56. The van der Waals surface area contributed by atoms with Crippen LogP contribution in [0.25, 0.3) is 0 Å². The Labute approximate surface area is 148 Å². The number of aliphatic hydroxyl groups is 1. The van der Waals surface area contributed by atoms with E-state index in [0.29, 0.717) is 24.7 Å². The lowest BCUT2D eigenvalue weighted by Crippen LogP contribution is -2.71. The lowest BCUT2D eigenvalue weighted by atomic mass is 9.41. The predicted molar refractivity (Wildman–Crippen MR) is 88.3 cm³/mol. The van der Waals surface area contributed by atoms with Crippen LogP contribution in [0.15, 0.2) is 0 Å². The maximum atomic E-state index is 13.3. The first kappa shape index (κ1) is 16.4. The van der Waals surface area contributed by atoms with Crippen molar-refractivity contribution < 1.29 is 24.5 Å². The van der Waals surface area contributed by atoms with E-state index in [1.54, 1.807) is 0 Å². The van der Waals surface area contributed by atoms with E-state index in [1.807, 2.05) is 0 Å². The van der Waals surface area contributed by atoms with Crippen LogP contribution in [-0.4, -0.2) is 34.0 Å². The molecule has 1 heterocycles. The Hall–Kier alpha value is -0.780. The Morgan fingerprint density at radius 2 is 1.56 bits per heavy atom. The Balaban J connectivity index is 1.54. The summed E-state index contributed by atoms with van der Waals surface area (Å²) in [6.07, 6.45) is 2.12. The van der Waals surface area contributed by atoms with Gasteiger partial charge in [0.05, 0.1) is 0 Å². The molecule has 6 aliphatic carbocycles. The van der Waals surface area contributed by atoms with Crippen molar-refractivity contribution >= 4 is 11.6 Å². The zero-order valence-electron chi connectivity index (χ0n) is 15.5. The van der Waals surface area contributed by atoms with Gasteiger partial charge in [0, 0.05) is 24.7 Å². The summed E-state index contributed by atoms with van der Waals surface area (Å²) >= 11 is 0. The van der Waals surface area contributed by atoms with Crippen molar-refractivity contribution in [2.24, 2.45) is 34.5 Å². The maximum absolute atomic E-state index is 13.3. The zero-order chi connectivity index (χ0) is 18.0.